The number of hydrogen-bond donors (Lipinski definition) is 1. The molecule has 1 fully saturated rings. The number of methoxy groups -OCH3 is 1. The lowest BCUT2D eigenvalue weighted by Gasteiger charge is -2.09. The van der Waals surface area contributed by atoms with Crippen molar-refractivity contribution in [1.82, 2.24) is 5.32 Å². The molecular formula is C19H17ClN2O3S. The van der Waals surface area contributed by atoms with Gasteiger partial charge >= 0.3 is 0 Å². The molecule has 26 heavy (non-hydrogen) atoms. The Morgan fingerprint density at radius 2 is 2.08 bits per heavy atom. The van der Waals surface area contributed by atoms with Gasteiger partial charge in [0.05, 0.1) is 24.3 Å². The summed E-state index contributed by atoms with van der Waals surface area (Å²) in [5, 5.41) is 3.87. The molecule has 0 bridgehead atoms. The highest BCUT2D eigenvalue weighted by atomic mass is 35.5. The number of benzene rings is 2. The molecule has 0 spiro atoms. The summed E-state index contributed by atoms with van der Waals surface area (Å²) < 4.78 is 10.9. The van der Waals surface area contributed by atoms with Crippen molar-refractivity contribution in [1.29, 1.82) is 0 Å². The molecule has 1 aliphatic heterocycles. The van der Waals surface area contributed by atoms with Gasteiger partial charge in [-0.3, -0.25) is 4.79 Å². The first kappa shape index (κ1) is 18.4. The number of hydrogen-bond acceptors (Lipinski definition) is 5. The summed E-state index contributed by atoms with van der Waals surface area (Å²) in [5.41, 5.74) is 1.52. The normalized spacial score (nSPS) is 16.8. The van der Waals surface area contributed by atoms with Crippen LogP contribution < -0.4 is 14.8 Å². The molecule has 1 N–H and O–H groups in total. The third-order valence-electron chi connectivity index (χ3n) is 3.48. The molecule has 2 aromatic carbocycles. The Hall–Kier alpha value is -2.44. The van der Waals surface area contributed by atoms with Crippen LogP contribution in [0, 0.1) is 0 Å². The van der Waals surface area contributed by atoms with E-state index in [1.54, 1.807) is 25.3 Å². The molecular weight excluding hydrogens is 372 g/mol. The second kappa shape index (κ2) is 8.29. The molecule has 5 nitrogen and oxygen atoms in total. The first-order chi connectivity index (χ1) is 12.6. The summed E-state index contributed by atoms with van der Waals surface area (Å²) in [5.74, 6) is 1.10. The molecule has 134 valence electrons. The molecule has 1 amide bonds. The number of nitrogens with zero attached hydrogens (tertiary/aromatic N) is 1. The minimum Gasteiger partial charge on any atom is -0.493 e. The van der Waals surface area contributed by atoms with Crippen molar-refractivity contribution in [2.45, 2.75) is 6.92 Å². The van der Waals surface area contributed by atoms with Crippen LogP contribution in [0.2, 0.25) is 5.02 Å². The molecule has 1 heterocycles. The molecule has 1 aliphatic rings. The number of halogens is 1. The molecule has 0 saturated carbocycles. The standard InChI is InChI=1S/C19H17ClN2O3S/c1-3-25-15-8-7-12(9-16(15)24-2)10-17-18(23)22-19(26-17)21-14-6-4-5-13(20)11-14/h4-11H,3H2,1-2H3,(H,21,22,23)/b17-10+. The highest BCUT2D eigenvalue weighted by molar-refractivity contribution is 8.18. The molecule has 0 aromatic heterocycles. The molecule has 1 saturated heterocycles. The number of amides is 1. The van der Waals surface area contributed by atoms with E-state index >= 15 is 0 Å². The van der Waals surface area contributed by atoms with Crippen molar-refractivity contribution >= 4 is 46.2 Å². The van der Waals surface area contributed by atoms with Gasteiger partial charge in [0.1, 0.15) is 0 Å². The average molecular weight is 389 g/mol. The number of amidine groups is 1. The quantitative estimate of drug-likeness (QED) is 0.758. The van der Waals surface area contributed by atoms with E-state index in [-0.39, 0.29) is 5.91 Å². The fourth-order valence-corrected chi connectivity index (χ4v) is 3.37. The van der Waals surface area contributed by atoms with Crippen LogP contribution in [-0.4, -0.2) is 24.8 Å². The minimum atomic E-state index is -0.191. The van der Waals surface area contributed by atoms with Crippen molar-refractivity contribution in [3.8, 4) is 11.5 Å². The van der Waals surface area contributed by atoms with E-state index in [0.717, 1.165) is 5.56 Å². The van der Waals surface area contributed by atoms with Crippen molar-refractivity contribution in [2.75, 3.05) is 13.7 Å². The van der Waals surface area contributed by atoms with Crippen molar-refractivity contribution in [3.63, 3.8) is 0 Å². The van der Waals surface area contributed by atoms with Gasteiger partial charge in [0.25, 0.3) is 5.91 Å². The first-order valence-corrected chi connectivity index (χ1v) is 9.14. The molecule has 7 heteroatoms. The second-order valence-corrected chi connectivity index (χ2v) is 6.77. The molecule has 0 unspecified atom stereocenters. The largest absolute Gasteiger partial charge is 0.493 e. The molecule has 3 rings (SSSR count). The first-order valence-electron chi connectivity index (χ1n) is 7.95. The summed E-state index contributed by atoms with van der Waals surface area (Å²) in [6.45, 7) is 2.47. The molecule has 0 radical (unpaired) electrons. The molecule has 0 aliphatic carbocycles. The molecule has 2 aromatic rings. The van der Waals surface area contributed by atoms with E-state index in [2.05, 4.69) is 10.3 Å². The highest BCUT2D eigenvalue weighted by Crippen LogP contribution is 2.32. The predicted octanol–water partition coefficient (Wildman–Crippen LogP) is 4.64. The topological polar surface area (TPSA) is 59.9 Å². The number of carbonyl (C=O) groups excluding carboxylic acids is 1. The third kappa shape index (κ3) is 4.39. The fraction of sp³-hybridized carbons (Fsp3) is 0.158. The van der Waals surface area contributed by atoms with Gasteiger partial charge < -0.3 is 14.8 Å². The maximum atomic E-state index is 12.2. The van der Waals surface area contributed by atoms with Gasteiger partial charge in [0.15, 0.2) is 16.7 Å². The second-order valence-electron chi connectivity index (χ2n) is 5.30. The Labute approximate surface area is 161 Å². The number of ether oxygens (including phenoxy) is 2. The van der Waals surface area contributed by atoms with Crippen LogP contribution in [0.15, 0.2) is 52.4 Å². The Morgan fingerprint density at radius 1 is 1.23 bits per heavy atom. The summed E-state index contributed by atoms with van der Waals surface area (Å²) in [6, 6.07) is 12.7. The Balaban J connectivity index is 1.82. The van der Waals surface area contributed by atoms with Gasteiger partial charge in [0.2, 0.25) is 0 Å². The summed E-state index contributed by atoms with van der Waals surface area (Å²) >= 11 is 7.24. The minimum absolute atomic E-state index is 0.191. The number of nitrogens with one attached hydrogen (secondary N) is 1. The van der Waals surface area contributed by atoms with Crippen LogP contribution in [0.1, 0.15) is 12.5 Å². The van der Waals surface area contributed by atoms with Crippen LogP contribution in [0.4, 0.5) is 5.69 Å². The van der Waals surface area contributed by atoms with Crippen LogP contribution in [-0.2, 0) is 4.79 Å². The maximum Gasteiger partial charge on any atom is 0.264 e. The number of carbonyl (C=O) groups is 1. The lowest BCUT2D eigenvalue weighted by molar-refractivity contribution is -0.115. The van der Waals surface area contributed by atoms with Gasteiger partial charge in [-0.15, -0.1) is 0 Å². The van der Waals surface area contributed by atoms with Crippen molar-refractivity contribution < 1.29 is 14.3 Å². The van der Waals surface area contributed by atoms with E-state index in [4.69, 9.17) is 21.1 Å². The number of aliphatic imine (C=N–C) groups is 1. The fourth-order valence-electron chi connectivity index (χ4n) is 2.34. The van der Waals surface area contributed by atoms with E-state index in [1.807, 2.05) is 37.3 Å². The zero-order chi connectivity index (χ0) is 18.5. The summed E-state index contributed by atoms with van der Waals surface area (Å²) in [6.07, 6.45) is 1.79. The SMILES string of the molecule is CCOc1ccc(/C=C2/SC(=Nc3cccc(Cl)c3)NC2=O)cc1OC. The highest BCUT2D eigenvalue weighted by Gasteiger charge is 2.24. The zero-order valence-corrected chi connectivity index (χ0v) is 15.9. The van der Waals surface area contributed by atoms with Crippen molar-refractivity contribution in [2.24, 2.45) is 4.99 Å². The van der Waals surface area contributed by atoms with Gasteiger partial charge in [-0.05, 0) is 60.7 Å². The van der Waals surface area contributed by atoms with E-state index in [1.165, 1.54) is 11.8 Å². The third-order valence-corrected chi connectivity index (χ3v) is 4.62. The smallest absolute Gasteiger partial charge is 0.264 e. The van der Waals surface area contributed by atoms with Gasteiger partial charge in [-0.1, -0.05) is 23.7 Å². The van der Waals surface area contributed by atoms with Crippen LogP contribution >= 0.6 is 23.4 Å². The lowest BCUT2D eigenvalue weighted by Crippen LogP contribution is -2.19. The average Bonchev–Trinajstić information content (AvgIpc) is 2.95. The van der Waals surface area contributed by atoms with E-state index < -0.39 is 0 Å². The number of rotatable bonds is 5. The van der Waals surface area contributed by atoms with Gasteiger partial charge in [0, 0.05) is 5.02 Å². The Morgan fingerprint density at radius 3 is 2.81 bits per heavy atom. The van der Waals surface area contributed by atoms with Crippen LogP contribution in [0.5, 0.6) is 11.5 Å². The van der Waals surface area contributed by atoms with Gasteiger partial charge in [-0.2, -0.15) is 0 Å². The van der Waals surface area contributed by atoms with Crippen molar-refractivity contribution in [3.05, 3.63) is 58.0 Å². The monoisotopic (exact) mass is 388 g/mol. The maximum absolute atomic E-state index is 12.2. The lowest BCUT2D eigenvalue weighted by atomic mass is 10.2. The van der Waals surface area contributed by atoms with Crippen LogP contribution in [0.25, 0.3) is 6.08 Å². The number of thioether (sulfide) groups is 1. The Kier molecular flexibility index (Phi) is 5.85. The van der Waals surface area contributed by atoms with E-state index in [0.29, 0.717) is 38.9 Å². The summed E-state index contributed by atoms with van der Waals surface area (Å²) in [7, 11) is 1.58. The Bertz CT molecular complexity index is 896. The summed E-state index contributed by atoms with van der Waals surface area (Å²) in [4.78, 5) is 17.2. The predicted molar refractivity (Wildman–Crippen MR) is 106 cm³/mol. The van der Waals surface area contributed by atoms with Crippen LogP contribution in [0.3, 0.4) is 0 Å². The zero-order valence-electron chi connectivity index (χ0n) is 14.3. The molecule has 0 atom stereocenters. The van der Waals surface area contributed by atoms with Gasteiger partial charge in [-0.25, -0.2) is 4.99 Å². The van der Waals surface area contributed by atoms with E-state index in [9.17, 15) is 4.79 Å².